The van der Waals surface area contributed by atoms with E-state index in [-0.39, 0.29) is 23.3 Å². The topological polar surface area (TPSA) is 83.5 Å². The molecule has 0 spiro atoms. The number of nitrogens with one attached hydrogen (secondary N) is 1. The van der Waals surface area contributed by atoms with Gasteiger partial charge in [-0.3, -0.25) is 0 Å². The maximum Gasteiger partial charge on any atom is 0.335 e. The number of carbonyl (C=O) groups is 1. The summed E-state index contributed by atoms with van der Waals surface area (Å²) in [6.45, 7) is 6.06. The lowest BCUT2D eigenvalue weighted by Gasteiger charge is -2.17. The van der Waals surface area contributed by atoms with E-state index in [0.29, 0.717) is 12.0 Å². The molecule has 0 saturated carbocycles. The maximum absolute atomic E-state index is 11.8. The van der Waals surface area contributed by atoms with Crippen LogP contribution in [0.4, 0.5) is 0 Å². The van der Waals surface area contributed by atoms with Gasteiger partial charge in [0, 0.05) is 6.54 Å². The van der Waals surface area contributed by atoms with Crippen LogP contribution >= 0.6 is 0 Å². The molecule has 0 heterocycles. The fraction of sp³-hybridized carbons (Fsp3) is 0.500. The molecule has 0 unspecified atom stereocenters. The van der Waals surface area contributed by atoms with E-state index >= 15 is 0 Å². The summed E-state index contributed by atoms with van der Waals surface area (Å²) in [7, 11) is -3.34. The highest BCUT2D eigenvalue weighted by Crippen LogP contribution is 2.19. The van der Waals surface area contributed by atoms with Gasteiger partial charge in [-0.15, -0.1) is 0 Å². The molecule has 1 aromatic rings. The third-order valence-corrected chi connectivity index (χ3v) is 4.12. The Bertz CT molecular complexity index is 573. The zero-order chi connectivity index (χ0) is 15.4. The van der Waals surface area contributed by atoms with Crippen molar-refractivity contribution in [1.82, 2.24) is 4.72 Å². The Kier molecular flexibility index (Phi) is 5.30. The number of carboxylic acid groups (broad SMARTS) is 1. The number of carboxylic acids is 1. The Labute approximate surface area is 120 Å². The van der Waals surface area contributed by atoms with Crippen LogP contribution in [-0.2, 0) is 16.6 Å². The molecule has 0 aliphatic carbocycles. The van der Waals surface area contributed by atoms with Gasteiger partial charge in [0.15, 0.2) is 0 Å². The molecular weight excluding hydrogens is 278 g/mol. The number of hydrogen-bond donors (Lipinski definition) is 2. The quantitative estimate of drug-likeness (QED) is 0.844. The van der Waals surface area contributed by atoms with E-state index < -0.39 is 16.0 Å². The van der Waals surface area contributed by atoms with Gasteiger partial charge in [0.2, 0.25) is 10.0 Å². The van der Waals surface area contributed by atoms with Crippen molar-refractivity contribution in [2.45, 2.75) is 33.7 Å². The van der Waals surface area contributed by atoms with Crippen molar-refractivity contribution in [2.24, 2.45) is 5.41 Å². The van der Waals surface area contributed by atoms with E-state index in [1.54, 1.807) is 12.1 Å². The zero-order valence-corrected chi connectivity index (χ0v) is 12.8. The highest BCUT2D eigenvalue weighted by molar-refractivity contribution is 7.89. The summed E-state index contributed by atoms with van der Waals surface area (Å²) in [6, 6.07) is 6.23. The average molecular weight is 299 g/mol. The minimum absolute atomic E-state index is 0.0437. The maximum atomic E-state index is 11.8. The lowest BCUT2D eigenvalue weighted by atomic mass is 9.94. The summed E-state index contributed by atoms with van der Waals surface area (Å²) in [4.78, 5) is 10.8. The minimum Gasteiger partial charge on any atom is -0.478 e. The van der Waals surface area contributed by atoms with Crippen LogP contribution in [-0.4, -0.2) is 25.2 Å². The number of hydrogen-bond acceptors (Lipinski definition) is 3. The van der Waals surface area contributed by atoms with Gasteiger partial charge < -0.3 is 5.11 Å². The Morgan fingerprint density at radius 2 is 1.95 bits per heavy atom. The monoisotopic (exact) mass is 299 g/mol. The van der Waals surface area contributed by atoms with Crippen LogP contribution in [0.25, 0.3) is 0 Å². The van der Waals surface area contributed by atoms with E-state index in [2.05, 4.69) is 4.72 Å². The predicted octanol–water partition coefficient (Wildman–Crippen LogP) is 2.24. The highest BCUT2D eigenvalue weighted by Gasteiger charge is 2.17. The van der Waals surface area contributed by atoms with Gasteiger partial charge in [0.05, 0.1) is 11.3 Å². The van der Waals surface area contributed by atoms with Gasteiger partial charge in [0.1, 0.15) is 0 Å². The lowest BCUT2D eigenvalue weighted by molar-refractivity contribution is 0.0696. The van der Waals surface area contributed by atoms with Gasteiger partial charge in [-0.05, 0) is 29.5 Å². The minimum atomic E-state index is -3.34. The molecular formula is C14H21NO4S. The summed E-state index contributed by atoms with van der Waals surface area (Å²) < 4.78 is 26.2. The smallest absolute Gasteiger partial charge is 0.335 e. The summed E-state index contributed by atoms with van der Waals surface area (Å²) in [5, 5.41) is 8.87. The standard InChI is InChI=1S/C14H21NO4S/c1-14(2,3)7-8-20(18,19)15-10-11-5-4-6-12(9-11)13(16)17/h4-6,9,15H,7-8,10H2,1-3H3,(H,16,17). The molecule has 0 bridgehead atoms. The van der Waals surface area contributed by atoms with Crippen molar-refractivity contribution in [3.05, 3.63) is 35.4 Å². The SMILES string of the molecule is CC(C)(C)CCS(=O)(=O)NCc1cccc(C(=O)O)c1. The second-order valence-electron chi connectivity index (χ2n) is 5.96. The molecule has 20 heavy (non-hydrogen) atoms. The molecule has 1 rings (SSSR count). The predicted molar refractivity (Wildman–Crippen MR) is 78.1 cm³/mol. The molecule has 2 N–H and O–H groups in total. The third-order valence-electron chi connectivity index (χ3n) is 2.79. The first-order valence-corrected chi connectivity index (χ1v) is 8.04. The highest BCUT2D eigenvalue weighted by atomic mass is 32.2. The fourth-order valence-electron chi connectivity index (χ4n) is 1.52. The van der Waals surface area contributed by atoms with Gasteiger partial charge in [-0.1, -0.05) is 32.9 Å². The van der Waals surface area contributed by atoms with Crippen LogP contribution in [0.15, 0.2) is 24.3 Å². The molecule has 0 aliphatic heterocycles. The zero-order valence-electron chi connectivity index (χ0n) is 12.0. The summed E-state index contributed by atoms with van der Waals surface area (Å²) in [5.74, 6) is -0.961. The van der Waals surface area contributed by atoms with Crippen LogP contribution < -0.4 is 4.72 Å². The van der Waals surface area contributed by atoms with Crippen molar-refractivity contribution in [3.8, 4) is 0 Å². The number of benzene rings is 1. The van der Waals surface area contributed by atoms with Crippen molar-refractivity contribution in [3.63, 3.8) is 0 Å². The second-order valence-corrected chi connectivity index (χ2v) is 7.88. The van der Waals surface area contributed by atoms with E-state index in [1.807, 2.05) is 20.8 Å². The van der Waals surface area contributed by atoms with E-state index in [4.69, 9.17) is 5.11 Å². The first-order chi connectivity index (χ1) is 9.09. The lowest BCUT2D eigenvalue weighted by Crippen LogP contribution is -2.28. The van der Waals surface area contributed by atoms with Gasteiger partial charge in [-0.2, -0.15) is 0 Å². The molecule has 5 nitrogen and oxygen atoms in total. The molecule has 0 aromatic heterocycles. The summed E-state index contributed by atoms with van der Waals surface area (Å²) in [5.41, 5.74) is 0.735. The van der Waals surface area contributed by atoms with Crippen LogP contribution in [0, 0.1) is 5.41 Å². The normalized spacial score (nSPS) is 12.3. The molecule has 6 heteroatoms. The largest absolute Gasteiger partial charge is 0.478 e. The Morgan fingerprint density at radius 1 is 1.30 bits per heavy atom. The molecule has 0 saturated heterocycles. The van der Waals surface area contributed by atoms with E-state index in [9.17, 15) is 13.2 Å². The van der Waals surface area contributed by atoms with Gasteiger partial charge in [-0.25, -0.2) is 17.9 Å². The molecule has 0 atom stereocenters. The van der Waals surface area contributed by atoms with Gasteiger partial charge in [0.25, 0.3) is 0 Å². The first kappa shape index (κ1) is 16.7. The van der Waals surface area contributed by atoms with E-state index in [1.165, 1.54) is 12.1 Å². The summed E-state index contributed by atoms with van der Waals surface area (Å²) in [6.07, 6.45) is 0.567. The third kappa shape index (κ3) is 6.16. The fourth-order valence-corrected chi connectivity index (χ4v) is 2.93. The van der Waals surface area contributed by atoms with Crippen molar-refractivity contribution in [2.75, 3.05) is 5.75 Å². The second kappa shape index (κ2) is 6.37. The molecule has 112 valence electrons. The molecule has 1 aromatic carbocycles. The van der Waals surface area contributed by atoms with Gasteiger partial charge >= 0.3 is 5.97 Å². The first-order valence-electron chi connectivity index (χ1n) is 6.39. The van der Waals surface area contributed by atoms with Crippen LogP contribution in [0.2, 0.25) is 0 Å². The Morgan fingerprint density at radius 3 is 2.50 bits per heavy atom. The van der Waals surface area contributed by atoms with Crippen molar-refractivity contribution in [1.29, 1.82) is 0 Å². The van der Waals surface area contributed by atoms with Crippen molar-refractivity contribution < 1.29 is 18.3 Å². The number of rotatable bonds is 6. The average Bonchev–Trinajstić information content (AvgIpc) is 2.34. The summed E-state index contributed by atoms with van der Waals surface area (Å²) >= 11 is 0. The molecule has 0 aliphatic rings. The van der Waals surface area contributed by atoms with Crippen LogP contribution in [0.3, 0.4) is 0 Å². The number of aromatic carboxylic acids is 1. The van der Waals surface area contributed by atoms with Crippen LogP contribution in [0.1, 0.15) is 43.1 Å². The van der Waals surface area contributed by atoms with Crippen LogP contribution in [0.5, 0.6) is 0 Å². The molecule has 0 radical (unpaired) electrons. The molecule has 0 fully saturated rings. The molecule has 0 amide bonds. The number of sulfonamides is 1. The van der Waals surface area contributed by atoms with Crippen molar-refractivity contribution >= 4 is 16.0 Å². The Hall–Kier alpha value is -1.40. The Balaban J connectivity index is 2.62. The van der Waals surface area contributed by atoms with E-state index in [0.717, 1.165) is 0 Å².